The van der Waals surface area contributed by atoms with Crippen LogP contribution in [0, 0.1) is 20.8 Å². The summed E-state index contributed by atoms with van der Waals surface area (Å²) in [4.78, 5) is 41.5. The van der Waals surface area contributed by atoms with Crippen LogP contribution in [0.4, 0.5) is 5.69 Å². The molecular weight excluding hydrogens is 520 g/mol. The average molecular weight is 551 g/mol. The van der Waals surface area contributed by atoms with Gasteiger partial charge in [0.15, 0.2) is 12.1 Å². The van der Waals surface area contributed by atoms with Crippen molar-refractivity contribution in [3.8, 4) is 5.75 Å². The van der Waals surface area contributed by atoms with Gasteiger partial charge >= 0.3 is 0 Å². The molecule has 1 fully saturated rings. The Balaban J connectivity index is 1.27. The van der Waals surface area contributed by atoms with E-state index >= 15 is 0 Å². The third kappa shape index (κ3) is 4.65. The second-order valence-electron chi connectivity index (χ2n) is 10.6. The summed E-state index contributed by atoms with van der Waals surface area (Å²) in [5.74, 6) is -0.533. The monoisotopic (exact) mass is 550 g/mol. The lowest BCUT2D eigenvalue weighted by Gasteiger charge is -2.25. The third-order valence-corrected chi connectivity index (χ3v) is 7.81. The summed E-state index contributed by atoms with van der Waals surface area (Å²) in [7, 11) is 1.61. The maximum Gasteiger partial charge on any atom is 0.264 e. The fourth-order valence-corrected chi connectivity index (χ4v) is 5.64. The van der Waals surface area contributed by atoms with E-state index in [2.05, 4.69) is 16.4 Å². The Morgan fingerprint density at radius 1 is 0.927 bits per heavy atom. The highest BCUT2D eigenvalue weighted by Crippen LogP contribution is 2.36. The second-order valence-corrected chi connectivity index (χ2v) is 10.6. The number of ether oxygens (including phenoxy) is 1. The van der Waals surface area contributed by atoms with Crippen LogP contribution in [0.5, 0.6) is 5.75 Å². The van der Waals surface area contributed by atoms with Crippen LogP contribution in [0.2, 0.25) is 0 Å². The Morgan fingerprint density at radius 3 is 2.32 bits per heavy atom. The number of hydrogen-bond acceptors (Lipinski definition) is 8. The molecule has 3 amide bonds. The lowest BCUT2D eigenvalue weighted by molar-refractivity contribution is -0.135. The summed E-state index contributed by atoms with van der Waals surface area (Å²) >= 11 is 0. The maximum absolute atomic E-state index is 13.8. The summed E-state index contributed by atoms with van der Waals surface area (Å²) in [5, 5.41) is 15.7. The number of imide groups is 1. The number of benzene rings is 3. The molecule has 1 saturated heterocycles. The number of aryl methyl sites for hydroxylation is 3. The number of carbonyl (C=O) groups excluding carboxylic acids is 3. The Hall–Kier alpha value is -4.86. The minimum Gasteiger partial charge on any atom is -0.497 e. The molecule has 0 radical (unpaired) electrons. The van der Waals surface area contributed by atoms with E-state index in [-0.39, 0.29) is 18.5 Å². The highest BCUT2D eigenvalue weighted by Gasteiger charge is 2.55. The van der Waals surface area contributed by atoms with Gasteiger partial charge in [-0.1, -0.05) is 58.8 Å². The number of anilines is 1. The van der Waals surface area contributed by atoms with Gasteiger partial charge in [-0.15, -0.1) is 0 Å². The van der Waals surface area contributed by atoms with E-state index in [1.807, 2.05) is 69.3 Å². The summed E-state index contributed by atoms with van der Waals surface area (Å²) < 4.78 is 5.32. The van der Waals surface area contributed by atoms with Crippen LogP contribution in [0.15, 0.2) is 82.2 Å². The number of nitrogens with zero attached hydrogens (tertiary/aromatic N) is 6. The van der Waals surface area contributed by atoms with Crippen molar-refractivity contribution >= 4 is 29.1 Å². The van der Waals surface area contributed by atoms with E-state index in [0.717, 1.165) is 38.4 Å². The first kappa shape index (κ1) is 26.4. The fourth-order valence-electron chi connectivity index (χ4n) is 5.64. The van der Waals surface area contributed by atoms with Gasteiger partial charge in [0.25, 0.3) is 17.7 Å². The van der Waals surface area contributed by atoms with E-state index in [0.29, 0.717) is 17.9 Å². The molecule has 10 heteroatoms. The maximum atomic E-state index is 13.8. The molecule has 0 aromatic heterocycles. The van der Waals surface area contributed by atoms with Crippen molar-refractivity contribution in [1.82, 2.24) is 10.0 Å². The van der Waals surface area contributed by atoms with Crippen molar-refractivity contribution in [2.24, 2.45) is 15.4 Å². The van der Waals surface area contributed by atoms with Crippen molar-refractivity contribution in [2.45, 2.75) is 45.3 Å². The van der Waals surface area contributed by atoms with Crippen LogP contribution >= 0.6 is 0 Å². The molecule has 0 spiro atoms. The van der Waals surface area contributed by atoms with Crippen molar-refractivity contribution in [1.29, 1.82) is 0 Å². The van der Waals surface area contributed by atoms with Gasteiger partial charge in [-0.05, 0) is 56.2 Å². The lowest BCUT2D eigenvalue weighted by atomic mass is 9.95. The van der Waals surface area contributed by atoms with Gasteiger partial charge < -0.3 is 4.74 Å². The topological polar surface area (TPSA) is 107 Å². The summed E-state index contributed by atoms with van der Waals surface area (Å²) in [5.41, 5.74) is 6.40. The second kappa shape index (κ2) is 10.3. The van der Waals surface area contributed by atoms with Gasteiger partial charge in [-0.2, -0.15) is 10.2 Å². The van der Waals surface area contributed by atoms with E-state index in [9.17, 15) is 14.4 Å². The average Bonchev–Trinajstić information content (AvgIpc) is 3.65. The van der Waals surface area contributed by atoms with Crippen LogP contribution in [-0.2, 0) is 14.4 Å². The molecular formula is C31H30N6O4. The molecule has 10 nitrogen and oxygen atoms in total. The SMILES string of the molecule is COc1ccc([C@@H]2CC(c3ccc(C)cc3C)=NN2C(=O)CN2N=N[C@@H]3C(=O)N(c4ccc(C)cc4)C(=O)[C@@H]32)cc1. The van der Waals surface area contributed by atoms with Gasteiger partial charge in [0, 0.05) is 12.0 Å². The normalized spacial score (nSPS) is 21.5. The zero-order valence-electron chi connectivity index (χ0n) is 23.3. The molecule has 0 saturated carbocycles. The van der Waals surface area contributed by atoms with Gasteiger partial charge in [0.2, 0.25) is 0 Å². The van der Waals surface area contributed by atoms with Crippen LogP contribution in [0.25, 0.3) is 0 Å². The molecule has 0 unspecified atom stereocenters. The zero-order chi connectivity index (χ0) is 28.8. The Morgan fingerprint density at radius 2 is 1.63 bits per heavy atom. The molecule has 3 atom stereocenters. The van der Waals surface area contributed by atoms with Gasteiger partial charge in [0.05, 0.1) is 24.6 Å². The van der Waals surface area contributed by atoms with Crippen LogP contribution in [0.3, 0.4) is 0 Å². The number of carbonyl (C=O) groups is 3. The predicted molar refractivity (Wildman–Crippen MR) is 152 cm³/mol. The molecule has 3 aromatic rings. The Kier molecular flexibility index (Phi) is 6.61. The molecule has 6 rings (SSSR count). The first-order valence-corrected chi connectivity index (χ1v) is 13.5. The van der Waals surface area contributed by atoms with Gasteiger partial charge in [-0.25, -0.2) is 9.91 Å². The van der Waals surface area contributed by atoms with Gasteiger partial charge in [-0.3, -0.25) is 19.4 Å². The molecule has 3 aromatic carbocycles. The number of amides is 3. The summed E-state index contributed by atoms with van der Waals surface area (Å²) in [6, 6.07) is 18.5. The summed E-state index contributed by atoms with van der Waals surface area (Å²) in [6.07, 6.45) is 0.522. The first-order chi connectivity index (χ1) is 19.7. The number of hydrogen-bond donors (Lipinski definition) is 0. The standard InChI is InChI=1S/C31H30N6O4/c1-18-5-10-22(11-6-18)36-30(39)28-29(31(36)40)35(34-32-28)17-27(38)37-26(21-8-12-23(41-4)13-9-21)16-25(33-37)24-14-7-19(2)15-20(24)3/h5-15,26,28-29H,16-17H2,1-4H3/t26-,28-,29+/m0/s1. The molecule has 41 heavy (non-hydrogen) atoms. The van der Waals surface area contributed by atoms with Crippen LogP contribution < -0.4 is 9.64 Å². The van der Waals surface area contributed by atoms with E-state index in [1.165, 1.54) is 10.0 Å². The molecule has 0 N–H and O–H groups in total. The quantitative estimate of drug-likeness (QED) is 0.426. The number of fused-ring (bicyclic) bond motifs is 1. The highest BCUT2D eigenvalue weighted by atomic mass is 16.5. The van der Waals surface area contributed by atoms with Crippen molar-refractivity contribution in [3.63, 3.8) is 0 Å². The predicted octanol–water partition coefficient (Wildman–Crippen LogP) is 4.29. The Bertz CT molecular complexity index is 1600. The van der Waals surface area contributed by atoms with E-state index in [4.69, 9.17) is 9.84 Å². The summed E-state index contributed by atoms with van der Waals surface area (Å²) in [6.45, 7) is 5.75. The largest absolute Gasteiger partial charge is 0.497 e. The van der Waals surface area contributed by atoms with E-state index < -0.39 is 23.9 Å². The van der Waals surface area contributed by atoms with Crippen molar-refractivity contribution < 1.29 is 19.1 Å². The molecule has 3 aliphatic heterocycles. The van der Waals surface area contributed by atoms with Gasteiger partial charge in [0.1, 0.15) is 12.3 Å². The molecule has 208 valence electrons. The van der Waals surface area contributed by atoms with Crippen LogP contribution in [-0.4, -0.2) is 59.2 Å². The van der Waals surface area contributed by atoms with Crippen LogP contribution in [0.1, 0.15) is 40.3 Å². The fraction of sp³-hybridized carbons (Fsp3) is 0.290. The molecule has 3 aliphatic rings. The highest BCUT2D eigenvalue weighted by molar-refractivity contribution is 6.25. The minimum absolute atomic E-state index is 0.248. The van der Waals surface area contributed by atoms with Crippen molar-refractivity contribution in [3.05, 3.63) is 94.5 Å². The number of rotatable bonds is 6. The lowest BCUT2D eigenvalue weighted by Crippen LogP contribution is -2.44. The third-order valence-electron chi connectivity index (χ3n) is 7.81. The number of methoxy groups -OCH3 is 1. The zero-order valence-corrected chi connectivity index (χ0v) is 23.3. The first-order valence-electron chi connectivity index (χ1n) is 13.5. The van der Waals surface area contributed by atoms with Crippen molar-refractivity contribution in [2.75, 3.05) is 18.6 Å². The number of hydrazone groups is 1. The minimum atomic E-state index is -0.984. The van der Waals surface area contributed by atoms with E-state index in [1.54, 1.807) is 19.2 Å². The smallest absolute Gasteiger partial charge is 0.264 e. The molecule has 3 heterocycles. The molecule has 0 bridgehead atoms. The Labute approximate surface area is 237 Å². The molecule has 0 aliphatic carbocycles.